The molecule has 2 aromatic rings. The van der Waals surface area contributed by atoms with Gasteiger partial charge in [0.25, 0.3) is 0 Å². The van der Waals surface area contributed by atoms with Crippen molar-refractivity contribution < 1.29 is 0 Å². The molecule has 0 spiro atoms. The summed E-state index contributed by atoms with van der Waals surface area (Å²) in [5, 5.41) is 5.15. The van der Waals surface area contributed by atoms with Gasteiger partial charge < -0.3 is 0 Å². The Hall–Kier alpha value is -0.800. The average Bonchev–Trinajstić information content (AvgIpc) is 2.66. The number of rotatable bonds is 5. The molecule has 0 saturated heterocycles. The van der Waals surface area contributed by atoms with Crippen molar-refractivity contribution in [3.05, 3.63) is 52.3 Å². The van der Waals surface area contributed by atoms with E-state index in [-0.39, 0.29) is 0 Å². The van der Waals surface area contributed by atoms with Gasteiger partial charge in [0.1, 0.15) is 0 Å². The summed E-state index contributed by atoms with van der Waals surface area (Å²) < 4.78 is 1.89. The molecule has 102 valence electrons. The highest BCUT2D eigenvalue weighted by Crippen LogP contribution is 2.29. The lowest BCUT2D eigenvalue weighted by Crippen LogP contribution is -2.00. The van der Waals surface area contributed by atoms with Crippen molar-refractivity contribution in [2.75, 3.05) is 0 Å². The maximum Gasteiger partial charge on any atom is 0.0846 e. The zero-order chi connectivity index (χ0) is 13.8. The molecular weight excluding hydrogens is 324 g/mol. The Morgan fingerprint density at radius 2 is 2.00 bits per heavy atom. The van der Waals surface area contributed by atoms with Crippen LogP contribution in [0.1, 0.15) is 34.6 Å². The molecule has 1 aromatic carbocycles. The molecule has 1 atom stereocenters. The predicted molar refractivity (Wildman–Crippen MR) is 84.0 cm³/mol. The van der Waals surface area contributed by atoms with E-state index in [0.29, 0.717) is 4.83 Å². The van der Waals surface area contributed by atoms with Crippen LogP contribution < -0.4 is 0 Å². The Morgan fingerprint density at radius 1 is 1.32 bits per heavy atom. The van der Waals surface area contributed by atoms with Crippen LogP contribution in [0.15, 0.2) is 30.3 Å². The van der Waals surface area contributed by atoms with Crippen molar-refractivity contribution in [3.8, 4) is 0 Å². The highest BCUT2D eigenvalue weighted by molar-refractivity contribution is 9.09. The summed E-state index contributed by atoms with van der Waals surface area (Å²) in [5.41, 5.74) is 3.37. The molecule has 4 heteroatoms. The fraction of sp³-hybridized carbons (Fsp3) is 0.400. The molecule has 0 N–H and O–H groups in total. The van der Waals surface area contributed by atoms with E-state index in [0.717, 1.165) is 35.7 Å². The zero-order valence-corrected chi connectivity index (χ0v) is 13.6. The SMILES string of the molecule is Cc1nn(C)c(CCCC(Br)c2ccccc2)c1Cl. The fourth-order valence-corrected chi connectivity index (χ4v) is 3.11. The van der Waals surface area contributed by atoms with Crippen LogP contribution in [0, 0.1) is 6.92 Å². The number of aromatic nitrogens is 2. The second-order valence-corrected chi connectivity index (χ2v) is 6.22. The molecule has 2 nitrogen and oxygen atoms in total. The molecule has 0 bridgehead atoms. The summed E-state index contributed by atoms with van der Waals surface area (Å²) in [6, 6.07) is 10.5. The molecule has 0 fully saturated rings. The van der Waals surface area contributed by atoms with Crippen molar-refractivity contribution in [3.63, 3.8) is 0 Å². The third kappa shape index (κ3) is 3.61. The van der Waals surface area contributed by atoms with Gasteiger partial charge in [0, 0.05) is 11.9 Å². The van der Waals surface area contributed by atoms with Crippen molar-refractivity contribution in [2.24, 2.45) is 7.05 Å². The van der Waals surface area contributed by atoms with Gasteiger partial charge in [0.2, 0.25) is 0 Å². The van der Waals surface area contributed by atoms with Gasteiger partial charge >= 0.3 is 0 Å². The lowest BCUT2D eigenvalue weighted by atomic mass is 10.1. The van der Waals surface area contributed by atoms with E-state index in [1.807, 2.05) is 24.7 Å². The first-order valence-electron chi connectivity index (χ1n) is 6.46. The summed E-state index contributed by atoms with van der Waals surface area (Å²) >= 11 is 10.00. The van der Waals surface area contributed by atoms with Gasteiger partial charge in [0.15, 0.2) is 0 Å². The molecule has 0 aliphatic heterocycles. The second-order valence-electron chi connectivity index (χ2n) is 4.74. The number of alkyl halides is 1. The Morgan fingerprint density at radius 3 is 2.58 bits per heavy atom. The van der Waals surface area contributed by atoms with Crippen molar-refractivity contribution in [1.29, 1.82) is 0 Å². The summed E-state index contributed by atoms with van der Waals surface area (Å²) in [6.07, 6.45) is 3.14. The smallest absolute Gasteiger partial charge is 0.0846 e. The monoisotopic (exact) mass is 340 g/mol. The Bertz CT molecular complexity index is 537. The van der Waals surface area contributed by atoms with Gasteiger partial charge in [-0.3, -0.25) is 4.68 Å². The molecule has 2 rings (SSSR count). The molecule has 1 heterocycles. The summed E-state index contributed by atoms with van der Waals surface area (Å²) in [6.45, 7) is 1.95. The molecule has 0 aliphatic rings. The van der Waals surface area contributed by atoms with E-state index in [2.05, 4.69) is 45.3 Å². The molecule has 0 amide bonds. The van der Waals surface area contributed by atoms with Gasteiger partial charge in [-0.2, -0.15) is 5.10 Å². The molecule has 0 aliphatic carbocycles. The third-order valence-electron chi connectivity index (χ3n) is 3.29. The number of halogens is 2. The first-order chi connectivity index (χ1) is 9.09. The van der Waals surface area contributed by atoms with Crippen LogP contribution in [-0.4, -0.2) is 9.78 Å². The van der Waals surface area contributed by atoms with Crippen LogP contribution in [0.5, 0.6) is 0 Å². The zero-order valence-electron chi connectivity index (χ0n) is 11.2. The van der Waals surface area contributed by atoms with E-state index in [1.54, 1.807) is 0 Å². The van der Waals surface area contributed by atoms with Crippen molar-refractivity contribution in [1.82, 2.24) is 9.78 Å². The van der Waals surface area contributed by atoms with E-state index in [1.165, 1.54) is 5.56 Å². The first-order valence-corrected chi connectivity index (χ1v) is 7.76. The topological polar surface area (TPSA) is 17.8 Å². The lowest BCUT2D eigenvalue weighted by molar-refractivity contribution is 0.655. The summed E-state index contributed by atoms with van der Waals surface area (Å²) in [4.78, 5) is 0.404. The molecule has 1 aromatic heterocycles. The van der Waals surface area contributed by atoms with E-state index in [4.69, 9.17) is 11.6 Å². The minimum absolute atomic E-state index is 0.404. The van der Waals surface area contributed by atoms with Crippen LogP contribution in [-0.2, 0) is 13.5 Å². The summed E-state index contributed by atoms with van der Waals surface area (Å²) in [5.74, 6) is 0. The summed E-state index contributed by atoms with van der Waals surface area (Å²) in [7, 11) is 1.96. The Labute approximate surface area is 127 Å². The van der Waals surface area contributed by atoms with E-state index < -0.39 is 0 Å². The number of benzene rings is 1. The lowest BCUT2D eigenvalue weighted by Gasteiger charge is -2.10. The van der Waals surface area contributed by atoms with Gasteiger partial charge in [-0.05, 0) is 31.7 Å². The molecule has 19 heavy (non-hydrogen) atoms. The van der Waals surface area contributed by atoms with Crippen LogP contribution in [0.3, 0.4) is 0 Å². The highest BCUT2D eigenvalue weighted by atomic mass is 79.9. The molecule has 0 radical (unpaired) electrons. The van der Waals surface area contributed by atoms with Crippen LogP contribution in [0.4, 0.5) is 0 Å². The maximum absolute atomic E-state index is 6.25. The van der Waals surface area contributed by atoms with Crippen LogP contribution in [0.2, 0.25) is 5.02 Å². The van der Waals surface area contributed by atoms with E-state index in [9.17, 15) is 0 Å². The van der Waals surface area contributed by atoms with E-state index >= 15 is 0 Å². The minimum atomic E-state index is 0.404. The molecule has 1 unspecified atom stereocenters. The number of hydrogen-bond acceptors (Lipinski definition) is 1. The quantitative estimate of drug-likeness (QED) is 0.711. The van der Waals surface area contributed by atoms with Gasteiger partial charge in [0.05, 0.1) is 16.4 Å². The minimum Gasteiger partial charge on any atom is -0.271 e. The molecule has 0 saturated carbocycles. The fourth-order valence-electron chi connectivity index (χ4n) is 2.23. The van der Waals surface area contributed by atoms with Crippen molar-refractivity contribution >= 4 is 27.5 Å². The van der Waals surface area contributed by atoms with Gasteiger partial charge in [-0.25, -0.2) is 0 Å². The highest BCUT2D eigenvalue weighted by Gasteiger charge is 2.12. The average molecular weight is 342 g/mol. The predicted octanol–water partition coefficient (Wildman–Crippen LogP) is 4.84. The normalized spacial score (nSPS) is 12.6. The standard InChI is InChI=1S/C15H18BrClN2/c1-11-15(17)14(19(2)18-11)10-6-9-13(16)12-7-4-3-5-8-12/h3-5,7-8,13H,6,9-10H2,1-2H3. The van der Waals surface area contributed by atoms with Crippen molar-refractivity contribution in [2.45, 2.75) is 31.0 Å². The maximum atomic E-state index is 6.25. The number of hydrogen-bond donors (Lipinski definition) is 0. The first kappa shape index (κ1) is 14.6. The number of nitrogens with zero attached hydrogens (tertiary/aromatic N) is 2. The molecular formula is C15H18BrClN2. The van der Waals surface area contributed by atoms with Crippen LogP contribution in [0.25, 0.3) is 0 Å². The second kappa shape index (κ2) is 6.58. The third-order valence-corrected chi connectivity index (χ3v) is 4.77. The van der Waals surface area contributed by atoms with Crippen LogP contribution >= 0.6 is 27.5 Å². The largest absolute Gasteiger partial charge is 0.271 e. The Balaban J connectivity index is 1.90. The number of aryl methyl sites for hydroxylation is 2. The van der Waals surface area contributed by atoms with Gasteiger partial charge in [-0.1, -0.05) is 57.9 Å². The Kier molecular flexibility index (Phi) is 5.06. The van der Waals surface area contributed by atoms with Gasteiger partial charge in [-0.15, -0.1) is 0 Å².